The highest BCUT2D eigenvalue weighted by Gasteiger charge is 2.21. The van der Waals surface area contributed by atoms with Crippen LogP contribution in [0.3, 0.4) is 0 Å². The van der Waals surface area contributed by atoms with Gasteiger partial charge in [-0.3, -0.25) is 20.0 Å². The van der Waals surface area contributed by atoms with Crippen molar-refractivity contribution in [2.24, 2.45) is 4.99 Å². The van der Waals surface area contributed by atoms with Crippen LogP contribution in [0.1, 0.15) is 67.1 Å². The van der Waals surface area contributed by atoms with E-state index in [1.165, 1.54) is 0 Å². The summed E-state index contributed by atoms with van der Waals surface area (Å²) in [7, 11) is 0. The molecular formula is C29H37N5O5. The molecule has 0 saturated carbocycles. The van der Waals surface area contributed by atoms with Crippen LogP contribution in [0, 0.1) is 0 Å². The monoisotopic (exact) mass is 535 g/mol. The number of ether oxygens (including phenoxy) is 2. The van der Waals surface area contributed by atoms with E-state index in [4.69, 9.17) is 14.5 Å². The number of aliphatic imine (C=N–C) groups is 1. The van der Waals surface area contributed by atoms with Crippen LogP contribution in [0.5, 0.6) is 0 Å². The average Bonchev–Trinajstić information content (AvgIpc) is 2.81. The number of guanidine groups is 1. The molecule has 39 heavy (non-hydrogen) atoms. The number of alkyl carbamates (subject to hydrolysis) is 2. The number of amides is 2. The van der Waals surface area contributed by atoms with Gasteiger partial charge in [0.25, 0.3) is 5.56 Å². The van der Waals surface area contributed by atoms with Crippen LogP contribution in [-0.2, 0) is 15.9 Å². The maximum Gasteiger partial charge on any atom is 0.414 e. The van der Waals surface area contributed by atoms with Gasteiger partial charge in [0.2, 0.25) is 5.96 Å². The van der Waals surface area contributed by atoms with E-state index in [1.54, 1.807) is 76.4 Å². The minimum absolute atomic E-state index is 0.151. The Bertz CT molecular complexity index is 1380. The van der Waals surface area contributed by atoms with Gasteiger partial charge < -0.3 is 9.47 Å². The Morgan fingerprint density at radius 1 is 0.897 bits per heavy atom. The molecule has 0 aliphatic rings. The molecule has 0 aliphatic heterocycles. The Balaban J connectivity index is 1.97. The van der Waals surface area contributed by atoms with Gasteiger partial charge in [-0.15, -0.1) is 0 Å². The van der Waals surface area contributed by atoms with E-state index in [1.807, 2.05) is 18.2 Å². The fraction of sp³-hybridized carbons (Fsp3) is 0.414. The summed E-state index contributed by atoms with van der Waals surface area (Å²) in [6, 6.07) is 14.1. The van der Waals surface area contributed by atoms with Crippen molar-refractivity contribution in [3.63, 3.8) is 0 Å². The smallest absolute Gasteiger partial charge is 0.414 e. The molecule has 0 bridgehead atoms. The normalized spacial score (nSPS) is 11.6. The Kier molecular flexibility index (Phi) is 9.11. The van der Waals surface area contributed by atoms with E-state index < -0.39 is 23.4 Å². The summed E-state index contributed by atoms with van der Waals surface area (Å²) in [5.74, 6) is 0.509. The number of aromatic nitrogens is 2. The number of unbranched alkanes of at least 4 members (excludes halogenated alkanes) is 1. The third-order valence-corrected chi connectivity index (χ3v) is 5.19. The number of para-hydroxylation sites is 1. The Morgan fingerprint density at radius 3 is 2.00 bits per heavy atom. The molecule has 0 unspecified atom stereocenters. The van der Waals surface area contributed by atoms with E-state index in [2.05, 4.69) is 22.5 Å². The maximum atomic E-state index is 13.4. The number of benzene rings is 2. The van der Waals surface area contributed by atoms with Gasteiger partial charge in [0.15, 0.2) is 0 Å². The van der Waals surface area contributed by atoms with Gasteiger partial charge >= 0.3 is 12.2 Å². The predicted octanol–water partition coefficient (Wildman–Crippen LogP) is 5.77. The summed E-state index contributed by atoms with van der Waals surface area (Å²) in [6.45, 7) is 12.4. The zero-order valence-corrected chi connectivity index (χ0v) is 23.6. The first kappa shape index (κ1) is 29.3. The number of nitrogens with one attached hydrogen (secondary N) is 2. The van der Waals surface area contributed by atoms with E-state index in [0.717, 1.165) is 12.8 Å². The number of aryl methyl sites for hydroxylation is 1. The third-order valence-electron chi connectivity index (χ3n) is 5.19. The fourth-order valence-electron chi connectivity index (χ4n) is 3.64. The van der Waals surface area contributed by atoms with Crippen LogP contribution in [0.25, 0.3) is 16.6 Å². The van der Waals surface area contributed by atoms with Gasteiger partial charge in [-0.1, -0.05) is 25.5 Å². The molecule has 0 saturated heterocycles. The van der Waals surface area contributed by atoms with Crippen molar-refractivity contribution in [1.82, 2.24) is 20.2 Å². The first-order chi connectivity index (χ1) is 18.3. The minimum Gasteiger partial charge on any atom is -0.444 e. The highest BCUT2D eigenvalue weighted by Crippen LogP contribution is 2.19. The summed E-state index contributed by atoms with van der Waals surface area (Å²) in [5.41, 5.74) is 0.0560. The lowest BCUT2D eigenvalue weighted by Crippen LogP contribution is -2.47. The standard InChI is InChI=1S/C29H37N5O5/c1-8-9-14-23-31-22-13-11-10-12-21(22)24(35)34(23)20-17-15-19(16-18-20)30-25(32-26(36)38-28(2,3)4)33-27(37)39-29(5,6)7/h10-13,15-18H,8-9,14H2,1-7H3,(H2,30,32,33,36,37). The van der Waals surface area contributed by atoms with E-state index in [9.17, 15) is 14.4 Å². The summed E-state index contributed by atoms with van der Waals surface area (Å²) in [6.07, 6.45) is 0.935. The third kappa shape index (κ3) is 8.66. The second kappa shape index (κ2) is 12.1. The average molecular weight is 536 g/mol. The number of fused-ring (bicyclic) bond motifs is 1. The summed E-state index contributed by atoms with van der Waals surface area (Å²) >= 11 is 0. The van der Waals surface area contributed by atoms with E-state index >= 15 is 0 Å². The number of rotatable bonds is 5. The van der Waals surface area contributed by atoms with Crippen molar-refractivity contribution in [3.05, 3.63) is 64.7 Å². The van der Waals surface area contributed by atoms with Gasteiger partial charge in [0, 0.05) is 6.42 Å². The molecule has 208 valence electrons. The molecule has 3 rings (SSSR count). The number of hydrogen-bond donors (Lipinski definition) is 2. The van der Waals surface area contributed by atoms with Crippen LogP contribution in [0.4, 0.5) is 15.3 Å². The zero-order valence-electron chi connectivity index (χ0n) is 23.6. The molecule has 0 atom stereocenters. The van der Waals surface area contributed by atoms with Crippen LogP contribution in [0.15, 0.2) is 58.3 Å². The molecule has 3 aromatic rings. The molecule has 2 amide bonds. The largest absolute Gasteiger partial charge is 0.444 e. The molecule has 2 N–H and O–H groups in total. The summed E-state index contributed by atoms with van der Waals surface area (Å²) < 4.78 is 12.2. The quantitative estimate of drug-likeness (QED) is 0.316. The van der Waals surface area contributed by atoms with Crippen LogP contribution < -0.4 is 16.2 Å². The van der Waals surface area contributed by atoms with Crippen molar-refractivity contribution in [2.45, 2.75) is 78.9 Å². The molecule has 1 aromatic heterocycles. The molecule has 0 spiro atoms. The van der Waals surface area contributed by atoms with Crippen molar-refractivity contribution in [2.75, 3.05) is 0 Å². The number of carbonyl (C=O) groups excluding carboxylic acids is 2. The van der Waals surface area contributed by atoms with Crippen LogP contribution in [-0.4, -0.2) is 38.9 Å². The first-order valence-electron chi connectivity index (χ1n) is 13.0. The molecule has 10 nitrogen and oxygen atoms in total. The lowest BCUT2D eigenvalue weighted by Gasteiger charge is -2.22. The second-order valence-electron chi connectivity index (χ2n) is 11.0. The number of nitrogens with zero attached hydrogens (tertiary/aromatic N) is 3. The van der Waals surface area contributed by atoms with Gasteiger partial charge in [-0.2, -0.15) is 0 Å². The molecule has 0 fully saturated rings. The highest BCUT2D eigenvalue weighted by atomic mass is 16.6. The lowest BCUT2D eigenvalue weighted by atomic mass is 10.2. The van der Waals surface area contributed by atoms with Crippen molar-refractivity contribution in [1.29, 1.82) is 0 Å². The van der Waals surface area contributed by atoms with Crippen molar-refractivity contribution < 1.29 is 19.1 Å². The molecule has 1 heterocycles. The molecular weight excluding hydrogens is 498 g/mol. The van der Waals surface area contributed by atoms with Crippen LogP contribution in [0.2, 0.25) is 0 Å². The number of carbonyl (C=O) groups is 2. The van der Waals surface area contributed by atoms with Gasteiger partial charge in [-0.05, 0) is 84.4 Å². The van der Waals surface area contributed by atoms with Crippen LogP contribution >= 0.6 is 0 Å². The Hall–Kier alpha value is -4.21. The van der Waals surface area contributed by atoms with E-state index in [-0.39, 0.29) is 11.5 Å². The van der Waals surface area contributed by atoms with E-state index in [0.29, 0.717) is 34.5 Å². The highest BCUT2D eigenvalue weighted by molar-refractivity contribution is 6.02. The topological polar surface area (TPSA) is 124 Å². The maximum absolute atomic E-state index is 13.4. The molecule has 0 radical (unpaired) electrons. The molecule has 10 heteroatoms. The minimum atomic E-state index is -0.789. The lowest BCUT2D eigenvalue weighted by molar-refractivity contribution is 0.0545. The van der Waals surface area contributed by atoms with Crippen molar-refractivity contribution >= 4 is 34.7 Å². The first-order valence-corrected chi connectivity index (χ1v) is 13.0. The zero-order chi connectivity index (χ0) is 28.8. The fourth-order valence-corrected chi connectivity index (χ4v) is 3.64. The SMILES string of the molecule is CCCCc1nc2ccccc2c(=O)n1-c1ccc(N=C(NC(=O)OC(C)(C)C)NC(=O)OC(C)(C)C)cc1. The molecule has 0 aliphatic carbocycles. The summed E-state index contributed by atoms with van der Waals surface area (Å²) in [5, 5.41) is 5.45. The second-order valence-corrected chi connectivity index (χ2v) is 11.0. The van der Waals surface area contributed by atoms with Gasteiger partial charge in [-0.25, -0.2) is 19.6 Å². The molecule has 2 aromatic carbocycles. The Labute approximate surface area is 228 Å². The Morgan fingerprint density at radius 2 is 1.46 bits per heavy atom. The van der Waals surface area contributed by atoms with Gasteiger partial charge in [0.1, 0.15) is 17.0 Å². The number of hydrogen-bond acceptors (Lipinski definition) is 7. The predicted molar refractivity (Wildman–Crippen MR) is 152 cm³/mol. The van der Waals surface area contributed by atoms with Crippen molar-refractivity contribution in [3.8, 4) is 5.69 Å². The van der Waals surface area contributed by atoms with Gasteiger partial charge in [0.05, 0.1) is 22.3 Å². The summed E-state index contributed by atoms with van der Waals surface area (Å²) in [4.78, 5) is 47.3.